The van der Waals surface area contributed by atoms with Crippen LogP contribution >= 0.6 is 11.3 Å². The normalized spacial score (nSPS) is 12.1. The summed E-state index contributed by atoms with van der Waals surface area (Å²) in [7, 11) is 0. The number of benzene rings is 6. The van der Waals surface area contributed by atoms with E-state index in [0.29, 0.717) is 0 Å². The molecule has 7 rings (SSSR count). The highest BCUT2D eigenvalue weighted by molar-refractivity contribution is 7.27. The Balaban J connectivity index is 1.82. The third kappa shape index (κ3) is 1.98. The zero-order valence-corrected chi connectivity index (χ0v) is 16.5. The van der Waals surface area contributed by atoms with E-state index in [1.54, 1.807) is 0 Å². The lowest BCUT2D eigenvalue weighted by molar-refractivity contribution is 1.67. The van der Waals surface area contributed by atoms with Gasteiger partial charge >= 0.3 is 0 Å². The number of thiophene rings is 1. The average Bonchev–Trinajstić information content (AvgIpc) is 3.18. The highest BCUT2D eigenvalue weighted by atomic mass is 32.1. The van der Waals surface area contributed by atoms with E-state index >= 15 is 0 Å². The van der Waals surface area contributed by atoms with E-state index in [4.69, 9.17) is 0 Å². The lowest BCUT2D eigenvalue weighted by atomic mass is 9.87. The number of rotatable bonds is 1. The fourth-order valence-electron chi connectivity index (χ4n) is 5.01. The molecule has 134 valence electrons. The SMILES string of the molecule is c1ccc(-c2cc3cccc4c5c6ccccc6sc5c5cccc2c5c34)cc1. The van der Waals surface area contributed by atoms with Crippen molar-refractivity contribution < 1.29 is 0 Å². The molecule has 0 radical (unpaired) electrons. The summed E-state index contributed by atoms with van der Waals surface area (Å²) >= 11 is 1.92. The molecule has 0 aliphatic heterocycles. The minimum atomic E-state index is 1.28. The molecule has 0 saturated carbocycles. The largest absolute Gasteiger partial charge is 0.135 e. The van der Waals surface area contributed by atoms with Gasteiger partial charge in [0.1, 0.15) is 0 Å². The molecule has 1 heteroatoms. The molecular formula is C28H16S. The third-order valence-corrected chi connectivity index (χ3v) is 7.40. The minimum absolute atomic E-state index is 1.28. The summed E-state index contributed by atoms with van der Waals surface area (Å²) in [6.45, 7) is 0. The van der Waals surface area contributed by atoms with Crippen LogP contribution in [0.5, 0.6) is 0 Å². The van der Waals surface area contributed by atoms with E-state index in [-0.39, 0.29) is 0 Å². The van der Waals surface area contributed by atoms with Gasteiger partial charge in [0, 0.05) is 25.6 Å². The fraction of sp³-hybridized carbons (Fsp3) is 0. The van der Waals surface area contributed by atoms with Crippen LogP contribution in [0.3, 0.4) is 0 Å². The van der Waals surface area contributed by atoms with Gasteiger partial charge < -0.3 is 0 Å². The Hall–Kier alpha value is -3.42. The molecule has 0 spiro atoms. The Labute approximate surface area is 172 Å². The molecule has 0 unspecified atom stereocenters. The van der Waals surface area contributed by atoms with Crippen LogP contribution in [0.25, 0.3) is 63.6 Å². The lowest BCUT2D eigenvalue weighted by Crippen LogP contribution is -1.88. The summed E-state index contributed by atoms with van der Waals surface area (Å²) in [6.07, 6.45) is 0. The van der Waals surface area contributed by atoms with Gasteiger partial charge in [0.15, 0.2) is 0 Å². The van der Waals surface area contributed by atoms with E-state index in [1.807, 2.05) is 11.3 Å². The van der Waals surface area contributed by atoms with Crippen LogP contribution in [0.4, 0.5) is 0 Å². The lowest BCUT2D eigenvalue weighted by Gasteiger charge is -2.16. The topological polar surface area (TPSA) is 0 Å². The molecule has 0 saturated heterocycles. The molecule has 7 aromatic rings. The van der Waals surface area contributed by atoms with Crippen LogP contribution in [-0.4, -0.2) is 0 Å². The van der Waals surface area contributed by atoms with Crippen LogP contribution < -0.4 is 0 Å². The minimum Gasteiger partial charge on any atom is -0.135 e. The molecule has 6 aromatic carbocycles. The number of fused-ring (bicyclic) bond motifs is 5. The first-order chi connectivity index (χ1) is 14.4. The highest BCUT2D eigenvalue weighted by Crippen LogP contribution is 2.48. The second kappa shape index (κ2) is 5.56. The summed E-state index contributed by atoms with van der Waals surface area (Å²) in [5, 5.41) is 11.0. The molecule has 0 N–H and O–H groups in total. The maximum absolute atomic E-state index is 2.37. The van der Waals surface area contributed by atoms with Crippen LogP contribution in [0.2, 0.25) is 0 Å². The van der Waals surface area contributed by atoms with Crippen molar-refractivity contribution in [3.8, 4) is 11.1 Å². The molecule has 0 atom stereocenters. The zero-order chi connectivity index (χ0) is 18.9. The molecule has 0 bridgehead atoms. The summed E-state index contributed by atoms with van der Waals surface area (Å²) in [6, 6.07) is 35.6. The van der Waals surface area contributed by atoms with Crippen LogP contribution in [0.1, 0.15) is 0 Å². The maximum Gasteiger partial charge on any atom is 0.0440 e. The second-order valence-electron chi connectivity index (χ2n) is 7.72. The van der Waals surface area contributed by atoms with Crippen LogP contribution in [-0.2, 0) is 0 Å². The predicted octanol–water partition coefficient (Wildman–Crippen LogP) is 8.62. The Kier molecular flexibility index (Phi) is 2.97. The van der Waals surface area contributed by atoms with Crippen LogP contribution in [0, 0.1) is 0 Å². The van der Waals surface area contributed by atoms with Gasteiger partial charge in [0.05, 0.1) is 0 Å². The van der Waals surface area contributed by atoms with Crippen molar-refractivity contribution in [2.75, 3.05) is 0 Å². The van der Waals surface area contributed by atoms with Gasteiger partial charge in [-0.2, -0.15) is 0 Å². The van der Waals surface area contributed by atoms with Gasteiger partial charge in [0.2, 0.25) is 0 Å². The Morgan fingerprint density at radius 3 is 2.14 bits per heavy atom. The molecule has 1 aromatic heterocycles. The van der Waals surface area contributed by atoms with Gasteiger partial charge in [-0.15, -0.1) is 11.3 Å². The van der Waals surface area contributed by atoms with Crippen molar-refractivity contribution in [1.29, 1.82) is 0 Å². The molecule has 0 amide bonds. The van der Waals surface area contributed by atoms with E-state index in [0.717, 1.165) is 0 Å². The molecular weight excluding hydrogens is 368 g/mol. The van der Waals surface area contributed by atoms with Crippen molar-refractivity contribution in [1.82, 2.24) is 0 Å². The third-order valence-electron chi connectivity index (χ3n) is 6.20. The van der Waals surface area contributed by atoms with E-state index in [2.05, 4.69) is 97.1 Å². The first-order valence-electron chi connectivity index (χ1n) is 9.96. The van der Waals surface area contributed by atoms with Crippen molar-refractivity contribution in [2.24, 2.45) is 0 Å². The predicted molar refractivity (Wildman–Crippen MR) is 128 cm³/mol. The van der Waals surface area contributed by atoms with E-state index in [1.165, 1.54) is 63.6 Å². The van der Waals surface area contributed by atoms with Gasteiger partial charge in [-0.05, 0) is 50.2 Å². The van der Waals surface area contributed by atoms with E-state index in [9.17, 15) is 0 Å². The number of hydrogen-bond donors (Lipinski definition) is 0. The Morgan fingerprint density at radius 2 is 1.21 bits per heavy atom. The summed E-state index contributed by atoms with van der Waals surface area (Å²) in [5.74, 6) is 0. The van der Waals surface area contributed by atoms with Gasteiger partial charge in [0.25, 0.3) is 0 Å². The molecule has 0 aliphatic carbocycles. The zero-order valence-electron chi connectivity index (χ0n) is 15.6. The Bertz CT molecular complexity index is 1690. The van der Waals surface area contributed by atoms with Crippen molar-refractivity contribution in [3.63, 3.8) is 0 Å². The summed E-state index contributed by atoms with van der Waals surface area (Å²) in [4.78, 5) is 0. The molecule has 29 heavy (non-hydrogen) atoms. The monoisotopic (exact) mass is 384 g/mol. The van der Waals surface area contributed by atoms with E-state index < -0.39 is 0 Å². The maximum atomic E-state index is 2.37. The van der Waals surface area contributed by atoms with Gasteiger partial charge in [-0.1, -0.05) is 84.9 Å². The van der Waals surface area contributed by atoms with Gasteiger partial charge in [-0.25, -0.2) is 0 Å². The number of hydrogen-bond acceptors (Lipinski definition) is 1. The first-order valence-corrected chi connectivity index (χ1v) is 10.8. The summed E-state index contributed by atoms with van der Waals surface area (Å²) < 4.78 is 2.77. The van der Waals surface area contributed by atoms with Crippen molar-refractivity contribution in [3.05, 3.63) is 97.1 Å². The van der Waals surface area contributed by atoms with Crippen molar-refractivity contribution >= 4 is 63.8 Å². The Morgan fingerprint density at radius 1 is 0.483 bits per heavy atom. The van der Waals surface area contributed by atoms with Crippen molar-refractivity contribution in [2.45, 2.75) is 0 Å². The quantitative estimate of drug-likeness (QED) is 0.248. The molecule has 0 aliphatic rings. The first kappa shape index (κ1) is 15.5. The standard InChI is InChI=1S/C28H16S/c1-2-8-17(9-3-1)23-16-18-10-6-13-21-25(18)26-19(23)12-7-14-22(26)28-27(21)20-11-4-5-15-24(20)29-28/h1-16H. The molecule has 0 nitrogen and oxygen atoms in total. The fourth-order valence-corrected chi connectivity index (χ4v) is 6.25. The van der Waals surface area contributed by atoms with Crippen LogP contribution in [0.15, 0.2) is 97.1 Å². The summed E-state index contributed by atoms with van der Waals surface area (Å²) in [5.41, 5.74) is 2.59. The molecule has 1 heterocycles. The average molecular weight is 385 g/mol. The second-order valence-corrected chi connectivity index (χ2v) is 8.78. The smallest absolute Gasteiger partial charge is 0.0440 e. The molecule has 0 fully saturated rings. The van der Waals surface area contributed by atoms with Gasteiger partial charge in [-0.3, -0.25) is 0 Å². The highest BCUT2D eigenvalue weighted by Gasteiger charge is 2.18.